The monoisotopic (exact) mass is 523 g/mol. The number of anilines is 1. The average molecular weight is 524 g/mol. The fraction of sp³-hybridized carbons (Fsp3) is 0.458. The molecule has 1 heterocycles. The minimum Gasteiger partial charge on any atom is -0.379 e. The minimum absolute atomic E-state index is 0.0574. The molecule has 11 heteroatoms. The van der Waals surface area contributed by atoms with E-state index in [4.69, 9.17) is 4.74 Å². The number of carbonyl (C=O) groups is 1. The van der Waals surface area contributed by atoms with Crippen LogP contribution in [0.2, 0.25) is 0 Å². The number of rotatable bonds is 9. The van der Waals surface area contributed by atoms with E-state index >= 15 is 0 Å². The van der Waals surface area contributed by atoms with Crippen LogP contribution in [0.15, 0.2) is 47.4 Å². The van der Waals surface area contributed by atoms with Crippen LogP contribution in [0.4, 0.5) is 5.69 Å². The van der Waals surface area contributed by atoms with Gasteiger partial charge in [0.25, 0.3) is 0 Å². The van der Waals surface area contributed by atoms with Crippen molar-refractivity contribution in [3.63, 3.8) is 0 Å². The van der Waals surface area contributed by atoms with E-state index in [9.17, 15) is 21.6 Å². The Morgan fingerprint density at radius 2 is 1.69 bits per heavy atom. The maximum absolute atomic E-state index is 12.9. The predicted molar refractivity (Wildman–Crippen MR) is 135 cm³/mol. The summed E-state index contributed by atoms with van der Waals surface area (Å²) in [5, 5.41) is 2.93. The van der Waals surface area contributed by atoms with Gasteiger partial charge in [-0.15, -0.1) is 0 Å². The van der Waals surface area contributed by atoms with Crippen LogP contribution in [0.25, 0.3) is 0 Å². The Kier molecular flexibility index (Phi) is 8.58. The van der Waals surface area contributed by atoms with Crippen molar-refractivity contribution in [1.29, 1.82) is 0 Å². The third-order valence-corrected chi connectivity index (χ3v) is 9.02. The smallest absolute Gasteiger partial charge is 0.243 e. The molecule has 0 aliphatic carbocycles. The lowest BCUT2D eigenvalue weighted by molar-refractivity contribution is -0.120. The van der Waals surface area contributed by atoms with Crippen molar-refractivity contribution in [2.45, 2.75) is 38.1 Å². The number of hydrogen-bond acceptors (Lipinski definition) is 6. The third-order valence-electron chi connectivity index (χ3n) is 5.96. The summed E-state index contributed by atoms with van der Waals surface area (Å²) in [6.45, 7) is 6.69. The molecule has 0 aromatic heterocycles. The second kappa shape index (κ2) is 11.1. The Hall–Kier alpha value is -2.47. The summed E-state index contributed by atoms with van der Waals surface area (Å²) in [7, 11) is -7.52. The zero-order valence-corrected chi connectivity index (χ0v) is 22.2. The molecule has 2 aromatic rings. The molecule has 35 heavy (non-hydrogen) atoms. The van der Waals surface area contributed by atoms with Gasteiger partial charge in [0.1, 0.15) is 6.54 Å². The highest BCUT2D eigenvalue weighted by atomic mass is 32.2. The van der Waals surface area contributed by atoms with Gasteiger partial charge in [-0.05, 0) is 55.7 Å². The van der Waals surface area contributed by atoms with Gasteiger partial charge < -0.3 is 10.1 Å². The van der Waals surface area contributed by atoms with Gasteiger partial charge >= 0.3 is 0 Å². The summed E-state index contributed by atoms with van der Waals surface area (Å²) < 4.78 is 58.3. The SMILES string of the molecule is CCC(NC(=O)CN(c1ccc(S(=O)(=O)N2CCOCC2)cc1)S(C)(=O)=O)c1ccc(C)cc1C. The molecule has 1 aliphatic heterocycles. The lowest BCUT2D eigenvalue weighted by Gasteiger charge is -2.27. The molecule has 1 amide bonds. The van der Waals surface area contributed by atoms with Crippen LogP contribution in [0.1, 0.15) is 36.1 Å². The number of benzene rings is 2. The molecule has 2 aromatic carbocycles. The Morgan fingerprint density at radius 3 is 2.23 bits per heavy atom. The fourth-order valence-corrected chi connectivity index (χ4v) is 6.37. The van der Waals surface area contributed by atoms with Gasteiger partial charge in [-0.2, -0.15) is 4.31 Å². The van der Waals surface area contributed by atoms with E-state index in [-0.39, 0.29) is 29.7 Å². The summed E-state index contributed by atoms with van der Waals surface area (Å²) in [4.78, 5) is 13.0. The van der Waals surface area contributed by atoms with Gasteiger partial charge in [-0.3, -0.25) is 9.10 Å². The van der Waals surface area contributed by atoms with Crippen LogP contribution in [0.3, 0.4) is 0 Å². The van der Waals surface area contributed by atoms with Gasteiger partial charge in [0.15, 0.2) is 0 Å². The number of sulfonamides is 2. The van der Waals surface area contributed by atoms with Crippen LogP contribution < -0.4 is 9.62 Å². The number of aryl methyl sites for hydroxylation is 2. The van der Waals surface area contributed by atoms with Gasteiger partial charge in [-0.25, -0.2) is 16.8 Å². The van der Waals surface area contributed by atoms with Crippen LogP contribution in [0.5, 0.6) is 0 Å². The summed E-state index contributed by atoms with van der Waals surface area (Å²) in [6, 6.07) is 11.3. The second-order valence-electron chi connectivity index (χ2n) is 8.67. The van der Waals surface area contributed by atoms with Crippen LogP contribution >= 0.6 is 0 Å². The molecule has 192 valence electrons. The normalized spacial score (nSPS) is 16.0. The fourth-order valence-electron chi connectivity index (χ4n) is 4.11. The second-order valence-corrected chi connectivity index (χ2v) is 12.5. The summed E-state index contributed by atoms with van der Waals surface area (Å²) in [5.41, 5.74) is 3.36. The maximum atomic E-state index is 12.9. The molecule has 0 radical (unpaired) electrons. The van der Waals surface area contributed by atoms with Crippen LogP contribution in [-0.4, -0.2) is 66.2 Å². The van der Waals surface area contributed by atoms with E-state index in [1.807, 2.05) is 39.0 Å². The highest BCUT2D eigenvalue weighted by Gasteiger charge is 2.28. The lowest BCUT2D eigenvalue weighted by Crippen LogP contribution is -2.42. The Balaban J connectivity index is 1.78. The average Bonchev–Trinajstić information content (AvgIpc) is 2.81. The highest BCUT2D eigenvalue weighted by Crippen LogP contribution is 2.24. The minimum atomic E-state index is -3.81. The van der Waals surface area contributed by atoms with E-state index < -0.39 is 32.5 Å². The first-order chi connectivity index (χ1) is 16.4. The molecule has 1 fully saturated rings. The Bertz CT molecular complexity index is 1250. The first-order valence-corrected chi connectivity index (χ1v) is 14.7. The molecular weight excluding hydrogens is 490 g/mol. The standard InChI is InChI=1S/C24H33N3O6S2/c1-5-23(22-11-6-18(2)16-19(22)3)25-24(28)17-27(34(4,29)30)20-7-9-21(10-8-20)35(31,32)26-12-14-33-15-13-26/h6-11,16,23H,5,12-15,17H2,1-4H3,(H,25,28). The molecular formula is C24H33N3O6S2. The molecule has 1 unspecified atom stereocenters. The molecule has 0 bridgehead atoms. The zero-order valence-electron chi connectivity index (χ0n) is 20.5. The molecule has 1 atom stereocenters. The third kappa shape index (κ3) is 6.60. The van der Waals surface area contributed by atoms with Crippen molar-refractivity contribution >= 4 is 31.6 Å². The maximum Gasteiger partial charge on any atom is 0.243 e. The molecule has 0 saturated carbocycles. The van der Waals surface area contributed by atoms with Crippen LogP contribution in [0, 0.1) is 13.8 Å². The highest BCUT2D eigenvalue weighted by molar-refractivity contribution is 7.92. The molecule has 1 saturated heterocycles. The van der Waals surface area contributed by atoms with Crippen molar-refractivity contribution in [2.24, 2.45) is 0 Å². The van der Waals surface area contributed by atoms with E-state index in [1.165, 1.54) is 28.6 Å². The van der Waals surface area contributed by atoms with Crippen molar-refractivity contribution in [3.8, 4) is 0 Å². The number of carbonyl (C=O) groups excluding carboxylic acids is 1. The molecule has 9 nitrogen and oxygen atoms in total. The van der Waals surface area contributed by atoms with Crippen molar-refractivity contribution in [1.82, 2.24) is 9.62 Å². The van der Waals surface area contributed by atoms with Crippen LogP contribution in [-0.2, 0) is 29.6 Å². The van der Waals surface area contributed by atoms with E-state index in [2.05, 4.69) is 5.32 Å². The Labute approximate surface area is 208 Å². The number of morpholine rings is 1. The molecule has 3 rings (SSSR count). The topological polar surface area (TPSA) is 113 Å². The number of nitrogens with one attached hydrogen (secondary N) is 1. The number of amides is 1. The van der Waals surface area contributed by atoms with E-state index in [0.717, 1.165) is 27.3 Å². The largest absolute Gasteiger partial charge is 0.379 e. The summed E-state index contributed by atoms with van der Waals surface area (Å²) in [5.74, 6) is -0.452. The summed E-state index contributed by atoms with van der Waals surface area (Å²) >= 11 is 0. The van der Waals surface area contributed by atoms with Gasteiger partial charge in [0.2, 0.25) is 26.0 Å². The van der Waals surface area contributed by atoms with Crippen molar-refractivity contribution in [2.75, 3.05) is 43.4 Å². The Morgan fingerprint density at radius 1 is 1.06 bits per heavy atom. The van der Waals surface area contributed by atoms with Crippen molar-refractivity contribution in [3.05, 3.63) is 59.2 Å². The van der Waals surface area contributed by atoms with E-state index in [0.29, 0.717) is 19.6 Å². The van der Waals surface area contributed by atoms with Gasteiger partial charge in [0, 0.05) is 13.1 Å². The van der Waals surface area contributed by atoms with E-state index in [1.54, 1.807) is 0 Å². The number of ether oxygens (including phenoxy) is 1. The molecule has 1 N–H and O–H groups in total. The number of hydrogen-bond donors (Lipinski definition) is 1. The lowest BCUT2D eigenvalue weighted by atomic mass is 9.97. The zero-order chi connectivity index (χ0) is 25.8. The van der Waals surface area contributed by atoms with Gasteiger partial charge in [-0.1, -0.05) is 30.7 Å². The number of nitrogens with zero attached hydrogens (tertiary/aromatic N) is 2. The first-order valence-electron chi connectivity index (χ1n) is 11.5. The molecule has 0 spiro atoms. The predicted octanol–water partition coefficient (Wildman–Crippen LogP) is 2.36. The summed E-state index contributed by atoms with van der Waals surface area (Å²) in [6.07, 6.45) is 1.66. The molecule has 1 aliphatic rings. The van der Waals surface area contributed by atoms with Crippen molar-refractivity contribution < 1.29 is 26.4 Å². The quantitative estimate of drug-likeness (QED) is 0.540. The van der Waals surface area contributed by atoms with Gasteiger partial charge in [0.05, 0.1) is 36.1 Å². The first kappa shape index (κ1) is 27.1.